The smallest absolute Gasteiger partial charge is 0.120 e. The number of benzene rings is 2. The van der Waals surface area contributed by atoms with Crippen molar-refractivity contribution in [3.05, 3.63) is 59.2 Å². The number of carboxylic acids is 1. The van der Waals surface area contributed by atoms with Crippen molar-refractivity contribution in [2.75, 3.05) is 31.6 Å². The molecule has 1 heterocycles. The Bertz CT molecular complexity index is 868. The molecule has 2 aromatic rings. The van der Waals surface area contributed by atoms with Crippen LogP contribution in [0.2, 0.25) is 0 Å². The van der Waals surface area contributed by atoms with Gasteiger partial charge in [0.25, 0.3) is 0 Å². The van der Waals surface area contributed by atoms with Gasteiger partial charge in [-0.25, -0.2) is 0 Å². The lowest BCUT2D eigenvalue weighted by atomic mass is 10.0. The van der Waals surface area contributed by atoms with Crippen LogP contribution in [0.5, 0.6) is 5.75 Å². The first-order valence-electron chi connectivity index (χ1n) is 10.1. The summed E-state index contributed by atoms with van der Waals surface area (Å²) in [5.74, 6) is -0.544. The van der Waals surface area contributed by atoms with E-state index in [1.54, 1.807) is 30.3 Å². The predicted octanol–water partition coefficient (Wildman–Crippen LogP) is 2.50. The van der Waals surface area contributed by atoms with Crippen molar-refractivity contribution < 1.29 is 14.6 Å². The van der Waals surface area contributed by atoms with Crippen molar-refractivity contribution in [1.82, 2.24) is 4.90 Å². The van der Waals surface area contributed by atoms with Gasteiger partial charge in [0.05, 0.1) is 23.6 Å². The molecule has 0 aromatic heterocycles. The molecule has 1 unspecified atom stereocenters. The van der Waals surface area contributed by atoms with E-state index in [1.165, 1.54) is 12.8 Å². The third kappa shape index (κ3) is 5.72. The standard InChI is InChI=1S/C23H27N3O3/c1-2-17-13-19(15-21(14-17)29-12-11-26-9-3-4-10-26)22(23(27)28)25-20-7-5-18(16-24)6-8-20/h5-8,13-15,22,25H,2-4,9-12H2,1H3,(H,27,28)/p-1. The van der Waals surface area contributed by atoms with Crippen molar-refractivity contribution in [3.63, 3.8) is 0 Å². The van der Waals surface area contributed by atoms with Crippen LogP contribution in [0, 0.1) is 11.3 Å². The van der Waals surface area contributed by atoms with E-state index in [0.717, 1.165) is 31.6 Å². The highest BCUT2D eigenvalue weighted by Gasteiger charge is 2.16. The van der Waals surface area contributed by atoms with Crippen LogP contribution in [-0.2, 0) is 11.2 Å². The summed E-state index contributed by atoms with van der Waals surface area (Å²) in [6, 6.07) is 13.3. The molecule has 1 aliphatic heterocycles. The second kappa shape index (κ2) is 9.94. The Morgan fingerprint density at radius 3 is 2.59 bits per heavy atom. The number of hydrogen-bond donors (Lipinski definition) is 1. The van der Waals surface area contributed by atoms with Crippen LogP contribution in [-0.4, -0.2) is 37.1 Å². The molecule has 6 nitrogen and oxygen atoms in total. The fourth-order valence-electron chi connectivity index (χ4n) is 3.53. The molecule has 1 saturated heterocycles. The highest BCUT2D eigenvalue weighted by molar-refractivity contribution is 5.78. The van der Waals surface area contributed by atoms with E-state index in [0.29, 0.717) is 29.2 Å². The van der Waals surface area contributed by atoms with E-state index in [4.69, 9.17) is 10.00 Å². The van der Waals surface area contributed by atoms with Gasteiger partial charge in [-0.3, -0.25) is 4.90 Å². The minimum absolute atomic E-state index is 0.516. The lowest BCUT2D eigenvalue weighted by molar-refractivity contribution is -0.307. The average molecular weight is 392 g/mol. The maximum absolute atomic E-state index is 11.9. The van der Waals surface area contributed by atoms with Gasteiger partial charge in [-0.2, -0.15) is 5.26 Å². The van der Waals surface area contributed by atoms with Gasteiger partial charge in [-0.15, -0.1) is 0 Å². The third-order valence-corrected chi connectivity index (χ3v) is 5.17. The van der Waals surface area contributed by atoms with E-state index >= 15 is 0 Å². The largest absolute Gasteiger partial charge is 0.548 e. The average Bonchev–Trinajstić information content (AvgIpc) is 3.25. The number of likely N-dealkylation sites (tertiary alicyclic amines) is 1. The van der Waals surface area contributed by atoms with Gasteiger partial charge in [-0.1, -0.05) is 13.0 Å². The van der Waals surface area contributed by atoms with Gasteiger partial charge in [0.2, 0.25) is 0 Å². The SMILES string of the molecule is CCc1cc(OCCN2CCCC2)cc(C(Nc2ccc(C#N)cc2)C(=O)[O-])c1. The Labute approximate surface area is 171 Å². The Balaban J connectivity index is 1.75. The molecule has 0 aliphatic carbocycles. The molecule has 0 saturated carbocycles. The number of ether oxygens (including phenoxy) is 1. The van der Waals surface area contributed by atoms with Crippen molar-refractivity contribution in [1.29, 1.82) is 5.26 Å². The number of carboxylic acid groups (broad SMARTS) is 1. The molecular formula is C23H26N3O3-. The van der Waals surface area contributed by atoms with E-state index in [-0.39, 0.29) is 0 Å². The Hall–Kier alpha value is -3.04. The highest BCUT2D eigenvalue weighted by Crippen LogP contribution is 2.26. The van der Waals surface area contributed by atoms with E-state index in [9.17, 15) is 9.90 Å². The Morgan fingerprint density at radius 2 is 1.97 bits per heavy atom. The number of carbonyl (C=O) groups is 1. The molecule has 0 amide bonds. The monoisotopic (exact) mass is 392 g/mol. The molecule has 1 atom stereocenters. The molecule has 6 heteroatoms. The summed E-state index contributed by atoms with van der Waals surface area (Å²) in [6.07, 6.45) is 3.25. The second-order valence-corrected chi connectivity index (χ2v) is 7.25. The third-order valence-electron chi connectivity index (χ3n) is 5.17. The molecule has 0 spiro atoms. The quantitative estimate of drug-likeness (QED) is 0.705. The molecule has 1 N–H and O–H groups in total. The van der Waals surface area contributed by atoms with Crippen LogP contribution in [0.15, 0.2) is 42.5 Å². The first-order chi connectivity index (χ1) is 14.1. The maximum Gasteiger partial charge on any atom is 0.120 e. The molecule has 1 aliphatic rings. The zero-order valence-electron chi connectivity index (χ0n) is 16.7. The fourth-order valence-corrected chi connectivity index (χ4v) is 3.53. The zero-order valence-corrected chi connectivity index (χ0v) is 16.7. The van der Waals surface area contributed by atoms with Gasteiger partial charge in [0.1, 0.15) is 12.4 Å². The number of carbonyl (C=O) groups excluding carboxylic acids is 1. The van der Waals surface area contributed by atoms with Crippen LogP contribution in [0.25, 0.3) is 0 Å². The number of aliphatic carboxylic acids is 1. The van der Waals surface area contributed by atoms with Crippen LogP contribution >= 0.6 is 0 Å². The Morgan fingerprint density at radius 1 is 1.24 bits per heavy atom. The molecule has 1 fully saturated rings. The molecule has 3 rings (SSSR count). The summed E-state index contributed by atoms with van der Waals surface area (Å²) in [6.45, 7) is 5.70. The normalized spacial score (nSPS) is 14.9. The lowest BCUT2D eigenvalue weighted by Crippen LogP contribution is -2.34. The molecule has 152 valence electrons. The molecule has 0 radical (unpaired) electrons. The van der Waals surface area contributed by atoms with E-state index in [2.05, 4.69) is 10.2 Å². The fraction of sp³-hybridized carbons (Fsp3) is 0.391. The number of nitriles is 1. The first kappa shape index (κ1) is 20.7. The van der Waals surface area contributed by atoms with Gasteiger partial charge in [0.15, 0.2) is 0 Å². The predicted molar refractivity (Wildman–Crippen MR) is 110 cm³/mol. The van der Waals surface area contributed by atoms with E-state index in [1.807, 2.05) is 25.1 Å². The maximum atomic E-state index is 11.9. The minimum atomic E-state index is -1.22. The zero-order chi connectivity index (χ0) is 20.6. The van der Waals surface area contributed by atoms with Gasteiger partial charge < -0.3 is 20.0 Å². The molecule has 0 bridgehead atoms. The summed E-state index contributed by atoms with van der Waals surface area (Å²) in [7, 11) is 0. The van der Waals surface area contributed by atoms with Crippen molar-refractivity contribution in [3.8, 4) is 11.8 Å². The minimum Gasteiger partial charge on any atom is -0.548 e. The summed E-state index contributed by atoms with van der Waals surface area (Å²) >= 11 is 0. The van der Waals surface area contributed by atoms with Gasteiger partial charge in [0, 0.05) is 12.2 Å². The van der Waals surface area contributed by atoms with Crippen molar-refractivity contribution in [2.24, 2.45) is 0 Å². The molecular weight excluding hydrogens is 366 g/mol. The number of hydrogen-bond acceptors (Lipinski definition) is 6. The van der Waals surface area contributed by atoms with Crippen LogP contribution < -0.4 is 15.2 Å². The van der Waals surface area contributed by atoms with Crippen molar-refractivity contribution in [2.45, 2.75) is 32.2 Å². The summed E-state index contributed by atoms with van der Waals surface area (Å²) in [4.78, 5) is 14.2. The number of nitrogens with zero attached hydrogens (tertiary/aromatic N) is 2. The summed E-state index contributed by atoms with van der Waals surface area (Å²) < 4.78 is 5.94. The second-order valence-electron chi connectivity index (χ2n) is 7.25. The summed E-state index contributed by atoms with van der Waals surface area (Å²) in [5.41, 5.74) is 2.72. The molecule has 2 aromatic carbocycles. The van der Waals surface area contributed by atoms with Crippen LogP contribution in [0.1, 0.15) is 42.5 Å². The van der Waals surface area contributed by atoms with E-state index < -0.39 is 12.0 Å². The first-order valence-corrected chi connectivity index (χ1v) is 10.1. The Kier molecular flexibility index (Phi) is 7.09. The molecule has 29 heavy (non-hydrogen) atoms. The number of anilines is 1. The highest BCUT2D eigenvalue weighted by atomic mass is 16.5. The van der Waals surface area contributed by atoms with Gasteiger partial charge in [-0.05, 0) is 79.9 Å². The topological polar surface area (TPSA) is 88.4 Å². The number of aryl methyl sites for hydroxylation is 1. The number of rotatable bonds is 9. The van der Waals surface area contributed by atoms with Crippen LogP contribution in [0.3, 0.4) is 0 Å². The lowest BCUT2D eigenvalue weighted by Gasteiger charge is -2.23. The van der Waals surface area contributed by atoms with Gasteiger partial charge >= 0.3 is 0 Å². The van der Waals surface area contributed by atoms with Crippen LogP contribution in [0.4, 0.5) is 5.69 Å². The van der Waals surface area contributed by atoms with Crippen molar-refractivity contribution >= 4 is 11.7 Å². The summed E-state index contributed by atoms with van der Waals surface area (Å²) in [5, 5.41) is 23.8. The number of nitrogens with one attached hydrogen (secondary N) is 1.